The fourth-order valence-corrected chi connectivity index (χ4v) is 1.24. The van der Waals surface area contributed by atoms with E-state index in [1.807, 2.05) is 6.92 Å². The quantitative estimate of drug-likeness (QED) is 0.519. The molecule has 1 aromatic rings. The number of carbonyl (C=O) groups is 1. The molecule has 82 valence electrons. The molecule has 0 aliphatic carbocycles. The Labute approximate surface area is 92.2 Å². The van der Waals surface area contributed by atoms with E-state index in [-0.39, 0.29) is 11.1 Å². The molecule has 0 bridgehead atoms. The van der Waals surface area contributed by atoms with Crippen LogP contribution in [0.25, 0.3) is 0 Å². The first-order chi connectivity index (χ1) is 7.19. The number of amides is 1. The first-order valence-corrected chi connectivity index (χ1v) is 4.84. The molecule has 0 aliphatic heterocycles. The molecule has 7 heteroatoms. The van der Waals surface area contributed by atoms with Gasteiger partial charge in [-0.1, -0.05) is 18.5 Å². The highest BCUT2D eigenvalue weighted by Gasteiger charge is 2.10. The number of carbonyl (C=O) groups excluding carboxylic acids is 1. The van der Waals surface area contributed by atoms with Crippen LogP contribution in [0.5, 0.6) is 0 Å². The number of aromatic nitrogens is 2. The van der Waals surface area contributed by atoms with Crippen LogP contribution in [0, 0.1) is 0 Å². The van der Waals surface area contributed by atoms with Gasteiger partial charge in [0.1, 0.15) is 5.69 Å². The number of nitrogens with two attached hydrogens (primary N) is 1. The van der Waals surface area contributed by atoms with Crippen molar-refractivity contribution in [2.24, 2.45) is 0 Å². The summed E-state index contributed by atoms with van der Waals surface area (Å²) in [5.74, 6) is 0.497. The topological polar surface area (TPSA) is 92.9 Å². The lowest BCUT2D eigenvalue weighted by Gasteiger charge is -2.10. The normalized spacial score (nSPS) is 9.73. The minimum absolute atomic E-state index is 0.0649. The van der Waals surface area contributed by atoms with Crippen molar-refractivity contribution in [3.8, 4) is 0 Å². The predicted molar refractivity (Wildman–Crippen MR) is 59.9 cm³/mol. The van der Waals surface area contributed by atoms with Crippen molar-refractivity contribution in [1.82, 2.24) is 9.97 Å². The zero-order valence-electron chi connectivity index (χ0n) is 8.25. The number of nitrogens with one attached hydrogen (secondary N) is 2. The first-order valence-electron chi connectivity index (χ1n) is 4.46. The number of hydrogen-bond donors (Lipinski definition) is 3. The molecule has 0 saturated heterocycles. The van der Waals surface area contributed by atoms with Crippen molar-refractivity contribution < 1.29 is 4.79 Å². The van der Waals surface area contributed by atoms with Crippen molar-refractivity contribution in [1.29, 1.82) is 0 Å². The monoisotopic (exact) mass is 229 g/mol. The van der Waals surface area contributed by atoms with E-state index in [2.05, 4.69) is 20.6 Å². The highest BCUT2D eigenvalue weighted by atomic mass is 35.5. The van der Waals surface area contributed by atoms with E-state index in [0.717, 1.165) is 6.42 Å². The van der Waals surface area contributed by atoms with E-state index in [4.69, 9.17) is 17.3 Å². The van der Waals surface area contributed by atoms with E-state index in [1.54, 1.807) is 0 Å². The van der Waals surface area contributed by atoms with Crippen LogP contribution in [-0.4, -0.2) is 22.9 Å². The minimum atomic E-state index is 0.0649. The van der Waals surface area contributed by atoms with Crippen LogP contribution in [0.15, 0.2) is 0 Å². The number of anilines is 3. The molecular formula is C8H12ClN5O. The third-order valence-electron chi connectivity index (χ3n) is 1.63. The Balaban J connectivity index is 3.02. The lowest BCUT2D eigenvalue weighted by atomic mass is 10.4. The maximum absolute atomic E-state index is 10.4. The molecule has 4 N–H and O–H groups in total. The molecular weight excluding hydrogens is 218 g/mol. The van der Waals surface area contributed by atoms with Gasteiger partial charge in [-0.3, -0.25) is 4.79 Å². The first kappa shape index (κ1) is 11.5. The second-order valence-electron chi connectivity index (χ2n) is 2.79. The molecule has 0 atom stereocenters. The van der Waals surface area contributed by atoms with Crippen LogP contribution >= 0.6 is 11.6 Å². The van der Waals surface area contributed by atoms with Crippen molar-refractivity contribution in [3.05, 3.63) is 5.15 Å². The van der Waals surface area contributed by atoms with Gasteiger partial charge in [0.2, 0.25) is 12.4 Å². The van der Waals surface area contributed by atoms with Gasteiger partial charge in [0.05, 0.1) is 0 Å². The van der Waals surface area contributed by atoms with Gasteiger partial charge in [-0.2, -0.15) is 9.97 Å². The Morgan fingerprint density at radius 1 is 1.53 bits per heavy atom. The summed E-state index contributed by atoms with van der Waals surface area (Å²) in [6, 6.07) is 0. The molecule has 0 saturated carbocycles. The third-order valence-corrected chi connectivity index (χ3v) is 1.90. The molecule has 0 fully saturated rings. The highest BCUT2D eigenvalue weighted by molar-refractivity contribution is 6.33. The van der Waals surface area contributed by atoms with E-state index in [0.29, 0.717) is 24.5 Å². The molecule has 1 rings (SSSR count). The van der Waals surface area contributed by atoms with Gasteiger partial charge in [-0.25, -0.2) is 0 Å². The number of nitrogens with zero attached hydrogens (tertiary/aromatic N) is 2. The lowest BCUT2D eigenvalue weighted by molar-refractivity contribution is -0.105. The fourth-order valence-electron chi connectivity index (χ4n) is 1.01. The standard InChI is InChI=1S/C8H12ClN5O/c1-2-3-11-7-5(12-4-15)6(9)13-8(10)14-7/h4H,2-3H2,1H3,(H,12,15)(H3,10,11,13,14). The number of rotatable bonds is 5. The third kappa shape index (κ3) is 2.95. The molecule has 0 aromatic carbocycles. The van der Waals surface area contributed by atoms with Crippen molar-refractivity contribution in [2.75, 3.05) is 22.9 Å². The number of hydrogen-bond acceptors (Lipinski definition) is 5. The van der Waals surface area contributed by atoms with Gasteiger partial charge in [0.25, 0.3) is 0 Å². The van der Waals surface area contributed by atoms with Crippen molar-refractivity contribution in [3.63, 3.8) is 0 Å². The van der Waals surface area contributed by atoms with Gasteiger partial charge in [0, 0.05) is 6.54 Å². The second kappa shape index (κ2) is 5.35. The maximum atomic E-state index is 10.4. The van der Waals surface area contributed by atoms with Crippen LogP contribution in [0.3, 0.4) is 0 Å². The van der Waals surface area contributed by atoms with Crippen LogP contribution < -0.4 is 16.4 Å². The summed E-state index contributed by atoms with van der Waals surface area (Å²) in [7, 11) is 0. The average molecular weight is 230 g/mol. The van der Waals surface area contributed by atoms with E-state index in [9.17, 15) is 4.79 Å². The van der Waals surface area contributed by atoms with Gasteiger partial charge >= 0.3 is 0 Å². The van der Waals surface area contributed by atoms with E-state index in [1.165, 1.54) is 0 Å². The number of halogens is 1. The summed E-state index contributed by atoms with van der Waals surface area (Å²) < 4.78 is 0. The van der Waals surface area contributed by atoms with Crippen molar-refractivity contribution in [2.45, 2.75) is 13.3 Å². The summed E-state index contributed by atoms with van der Waals surface area (Å²) in [5.41, 5.74) is 5.78. The molecule has 0 spiro atoms. The SMILES string of the molecule is CCCNc1nc(N)nc(Cl)c1NC=O. The summed E-state index contributed by atoms with van der Waals surface area (Å²) in [6.07, 6.45) is 1.43. The largest absolute Gasteiger partial charge is 0.368 e. The summed E-state index contributed by atoms with van der Waals surface area (Å²) in [4.78, 5) is 18.0. The maximum Gasteiger partial charge on any atom is 0.223 e. The Morgan fingerprint density at radius 2 is 2.27 bits per heavy atom. The van der Waals surface area contributed by atoms with E-state index < -0.39 is 0 Å². The second-order valence-corrected chi connectivity index (χ2v) is 3.14. The van der Waals surface area contributed by atoms with E-state index >= 15 is 0 Å². The smallest absolute Gasteiger partial charge is 0.223 e. The van der Waals surface area contributed by atoms with Gasteiger partial charge in [0.15, 0.2) is 11.0 Å². The molecule has 0 unspecified atom stereocenters. The highest BCUT2D eigenvalue weighted by Crippen LogP contribution is 2.27. The zero-order valence-corrected chi connectivity index (χ0v) is 9.01. The van der Waals surface area contributed by atoms with Crippen LogP contribution in [0.2, 0.25) is 5.15 Å². The van der Waals surface area contributed by atoms with Gasteiger partial charge in [-0.15, -0.1) is 0 Å². The molecule has 15 heavy (non-hydrogen) atoms. The van der Waals surface area contributed by atoms with Crippen LogP contribution in [0.1, 0.15) is 13.3 Å². The minimum Gasteiger partial charge on any atom is -0.368 e. The number of nitrogen functional groups attached to an aromatic ring is 1. The Hall–Kier alpha value is -1.56. The molecule has 0 radical (unpaired) electrons. The predicted octanol–water partition coefficient (Wildman–Crippen LogP) is 1.10. The Kier molecular flexibility index (Phi) is 4.11. The molecule has 6 nitrogen and oxygen atoms in total. The summed E-state index contributed by atoms with van der Waals surface area (Å²) in [5, 5.41) is 5.54. The van der Waals surface area contributed by atoms with Crippen LogP contribution in [-0.2, 0) is 4.79 Å². The average Bonchev–Trinajstić information content (AvgIpc) is 2.19. The van der Waals surface area contributed by atoms with Gasteiger partial charge < -0.3 is 16.4 Å². The molecule has 0 aliphatic rings. The molecule has 1 heterocycles. The van der Waals surface area contributed by atoms with Crippen LogP contribution in [0.4, 0.5) is 17.5 Å². The van der Waals surface area contributed by atoms with Crippen molar-refractivity contribution >= 4 is 35.5 Å². The lowest BCUT2D eigenvalue weighted by Crippen LogP contribution is -2.10. The molecule has 1 aromatic heterocycles. The summed E-state index contributed by atoms with van der Waals surface area (Å²) in [6.45, 7) is 2.71. The zero-order chi connectivity index (χ0) is 11.3. The molecule has 1 amide bonds. The fraction of sp³-hybridized carbons (Fsp3) is 0.375. The van der Waals surface area contributed by atoms with Gasteiger partial charge in [-0.05, 0) is 6.42 Å². The summed E-state index contributed by atoms with van der Waals surface area (Å²) >= 11 is 5.80. The Bertz CT molecular complexity index is 357. The Morgan fingerprint density at radius 3 is 2.87 bits per heavy atom.